The van der Waals surface area contributed by atoms with Gasteiger partial charge in [0.1, 0.15) is 0 Å². The minimum atomic E-state index is 0.418. The van der Waals surface area contributed by atoms with E-state index in [0.29, 0.717) is 5.41 Å². The fourth-order valence-electron chi connectivity index (χ4n) is 1.24. The Bertz CT molecular complexity index is 288. The summed E-state index contributed by atoms with van der Waals surface area (Å²) in [6.45, 7) is 9.77. The van der Waals surface area contributed by atoms with Gasteiger partial charge in [-0.25, -0.2) is 0 Å². The van der Waals surface area contributed by atoms with Gasteiger partial charge in [-0.15, -0.1) is 0 Å². The highest BCUT2D eigenvalue weighted by atomic mass is 79.9. The van der Waals surface area contributed by atoms with E-state index in [1.807, 2.05) is 17.1 Å². The predicted octanol–water partition coefficient (Wildman–Crippen LogP) is 2.67. The van der Waals surface area contributed by atoms with Crippen LogP contribution in [0.4, 0.5) is 0 Å². The van der Waals surface area contributed by atoms with Crippen molar-refractivity contribution in [1.82, 2.24) is 15.1 Å². The molecule has 0 bridgehead atoms. The van der Waals surface area contributed by atoms with Gasteiger partial charge in [0.2, 0.25) is 0 Å². The van der Waals surface area contributed by atoms with Gasteiger partial charge in [-0.2, -0.15) is 5.10 Å². The van der Waals surface area contributed by atoms with Crippen LogP contribution in [0.25, 0.3) is 0 Å². The number of nitrogens with one attached hydrogen (secondary N) is 1. The normalized spacial score (nSPS) is 12.0. The first kappa shape index (κ1) is 12.7. The number of aromatic nitrogens is 2. The first-order chi connectivity index (χ1) is 6.97. The van der Waals surface area contributed by atoms with E-state index in [9.17, 15) is 0 Å². The van der Waals surface area contributed by atoms with Crippen molar-refractivity contribution >= 4 is 15.9 Å². The molecule has 0 radical (unpaired) electrons. The second kappa shape index (κ2) is 5.66. The molecule has 0 aliphatic heterocycles. The second-order valence-electron chi connectivity index (χ2n) is 4.98. The van der Waals surface area contributed by atoms with E-state index < -0.39 is 0 Å². The lowest BCUT2D eigenvalue weighted by atomic mass is 9.92. The van der Waals surface area contributed by atoms with E-state index in [-0.39, 0.29) is 0 Å². The number of halogens is 1. The Hall–Kier alpha value is -0.350. The van der Waals surface area contributed by atoms with Crippen LogP contribution >= 0.6 is 15.9 Å². The van der Waals surface area contributed by atoms with Gasteiger partial charge in [-0.3, -0.25) is 4.68 Å². The first-order valence-corrected chi connectivity index (χ1v) is 6.15. The lowest BCUT2D eigenvalue weighted by molar-refractivity contribution is 0.364. The molecule has 1 rings (SSSR count). The third-order valence-corrected chi connectivity index (χ3v) is 2.58. The zero-order chi connectivity index (χ0) is 11.3. The highest BCUT2D eigenvalue weighted by molar-refractivity contribution is 9.10. The summed E-state index contributed by atoms with van der Waals surface area (Å²) in [4.78, 5) is 0. The molecule has 0 unspecified atom stereocenters. The zero-order valence-electron chi connectivity index (χ0n) is 9.76. The lowest BCUT2D eigenvalue weighted by Crippen LogP contribution is -2.24. The number of hydrogen-bond donors (Lipinski definition) is 1. The molecule has 1 N–H and O–H groups in total. The summed E-state index contributed by atoms with van der Waals surface area (Å²) in [5, 5.41) is 7.62. The molecule has 1 heterocycles. The summed E-state index contributed by atoms with van der Waals surface area (Å²) < 4.78 is 2.98. The van der Waals surface area contributed by atoms with Gasteiger partial charge < -0.3 is 5.32 Å². The molecule has 0 aliphatic carbocycles. The molecule has 0 aromatic carbocycles. The summed E-state index contributed by atoms with van der Waals surface area (Å²) in [6, 6.07) is 0. The van der Waals surface area contributed by atoms with E-state index in [0.717, 1.165) is 24.1 Å². The molecular weight excluding hydrogens is 254 g/mol. The van der Waals surface area contributed by atoms with Crippen molar-refractivity contribution in [2.24, 2.45) is 5.41 Å². The zero-order valence-corrected chi connectivity index (χ0v) is 11.3. The minimum Gasteiger partial charge on any atom is -0.315 e. The summed E-state index contributed by atoms with van der Waals surface area (Å²) in [7, 11) is 0. The second-order valence-corrected chi connectivity index (χ2v) is 5.90. The van der Waals surface area contributed by atoms with E-state index in [4.69, 9.17) is 0 Å². The van der Waals surface area contributed by atoms with Gasteiger partial charge in [0, 0.05) is 12.7 Å². The van der Waals surface area contributed by atoms with Crippen molar-refractivity contribution < 1.29 is 0 Å². The van der Waals surface area contributed by atoms with E-state index >= 15 is 0 Å². The molecule has 0 saturated heterocycles. The number of nitrogens with zero attached hydrogens (tertiary/aromatic N) is 2. The lowest BCUT2D eigenvalue weighted by Gasteiger charge is -2.17. The Balaban J connectivity index is 2.07. The van der Waals surface area contributed by atoms with Crippen LogP contribution in [-0.4, -0.2) is 22.9 Å². The third-order valence-electron chi connectivity index (χ3n) is 2.17. The fourth-order valence-corrected chi connectivity index (χ4v) is 1.57. The Morgan fingerprint density at radius 3 is 2.67 bits per heavy atom. The smallest absolute Gasteiger partial charge is 0.0632 e. The Kier molecular flexibility index (Phi) is 4.80. The average molecular weight is 274 g/mol. The van der Waals surface area contributed by atoms with Crippen LogP contribution in [0.2, 0.25) is 0 Å². The van der Waals surface area contributed by atoms with Crippen LogP contribution < -0.4 is 5.32 Å². The molecule has 3 nitrogen and oxygen atoms in total. The fraction of sp³-hybridized carbons (Fsp3) is 0.727. The molecule has 86 valence electrons. The van der Waals surface area contributed by atoms with E-state index in [2.05, 4.69) is 47.1 Å². The maximum absolute atomic E-state index is 4.19. The van der Waals surface area contributed by atoms with Crippen molar-refractivity contribution in [2.45, 2.75) is 33.7 Å². The Morgan fingerprint density at radius 1 is 1.40 bits per heavy atom. The van der Waals surface area contributed by atoms with Crippen molar-refractivity contribution in [1.29, 1.82) is 0 Å². The molecule has 4 heteroatoms. The summed E-state index contributed by atoms with van der Waals surface area (Å²) in [5.74, 6) is 0. The largest absolute Gasteiger partial charge is 0.315 e. The molecule has 0 amide bonds. The molecule has 0 atom stereocenters. The standard InChI is InChI=1S/C11H20BrN3/c1-11(2,3)4-5-13-6-7-15-9-10(12)8-14-15/h8-9,13H,4-7H2,1-3H3. The van der Waals surface area contributed by atoms with Gasteiger partial charge in [-0.1, -0.05) is 20.8 Å². The molecule has 1 aromatic heterocycles. The van der Waals surface area contributed by atoms with Crippen molar-refractivity contribution in [2.75, 3.05) is 13.1 Å². The average Bonchev–Trinajstić information content (AvgIpc) is 2.49. The Morgan fingerprint density at radius 2 is 2.13 bits per heavy atom. The molecule has 15 heavy (non-hydrogen) atoms. The maximum Gasteiger partial charge on any atom is 0.0632 e. The SMILES string of the molecule is CC(C)(C)CCNCCn1cc(Br)cn1. The number of rotatable bonds is 5. The van der Waals surface area contributed by atoms with Gasteiger partial charge in [0.15, 0.2) is 0 Å². The third kappa shape index (κ3) is 5.95. The van der Waals surface area contributed by atoms with Crippen LogP contribution in [0.1, 0.15) is 27.2 Å². The summed E-state index contributed by atoms with van der Waals surface area (Å²) in [6.07, 6.45) is 5.01. The quantitative estimate of drug-likeness (QED) is 0.837. The van der Waals surface area contributed by atoms with Crippen molar-refractivity contribution in [3.05, 3.63) is 16.9 Å². The van der Waals surface area contributed by atoms with Crippen LogP contribution in [0.5, 0.6) is 0 Å². The van der Waals surface area contributed by atoms with E-state index in [1.165, 1.54) is 6.42 Å². The van der Waals surface area contributed by atoms with Crippen LogP contribution in [0, 0.1) is 5.41 Å². The van der Waals surface area contributed by atoms with Gasteiger partial charge in [0.05, 0.1) is 17.2 Å². The molecule has 0 fully saturated rings. The first-order valence-electron chi connectivity index (χ1n) is 5.36. The monoisotopic (exact) mass is 273 g/mol. The molecular formula is C11H20BrN3. The molecule has 1 aromatic rings. The van der Waals surface area contributed by atoms with Gasteiger partial charge in [-0.05, 0) is 34.3 Å². The van der Waals surface area contributed by atoms with Gasteiger partial charge in [0.25, 0.3) is 0 Å². The van der Waals surface area contributed by atoms with E-state index in [1.54, 1.807) is 0 Å². The highest BCUT2D eigenvalue weighted by Crippen LogP contribution is 2.16. The maximum atomic E-state index is 4.19. The van der Waals surface area contributed by atoms with Crippen molar-refractivity contribution in [3.8, 4) is 0 Å². The van der Waals surface area contributed by atoms with Crippen LogP contribution in [0.3, 0.4) is 0 Å². The molecule has 0 saturated carbocycles. The predicted molar refractivity (Wildman–Crippen MR) is 66.9 cm³/mol. The van der Waals surface area contributed by atoms with Crippen LogP contribution in [-0.2, 0) is 6.54 Å². The van der Waals surface area contributed by atoms with Crippen molar-refractivity contribution in [3.63, 3.8) is 0 Å². The highest BCUT2D eigenvalue weighted by Gasteiger charge is 2.08. The summed E-state index contributed by atoms with van der Waals surface area (Å²) in [5.41, 5.74) is 0.418. The Labute approximate surface area is 100 Å². The molecule has 0 spiro atoms. The number of hydrogen-bond acceptors (Lipinski definition) is 2. The van der Waals surface area contributed by atoms with Crippen LogP contribution in [0.15, 0.2) is 16.9 Å². The topological polar surface area (TPSA) is 29.9 Å². The van der Waals surface area contributed by atoms with Gasteiger partial charge >= 0.3 is 0 Å². The minimum absolute atomic E-state index is 0.418. The summed E-state index contributed by atoms with van der Waals surface area (Å²) >= 11 is 3.38. The molecule has 0 aliphatic rings.